The summed E-state index contributed by atoms with van der Waals surface area (Å²) in [5.74, 6) is 0.945. The van der Waals surface area contributed by atoms with E-state index >= 15 is 0 Å². The van der Waals surface area contributed by atoms with E-state index in [9.17, 15) is 5.11 Å². The average molecular weight is 355 g/mol. The van der Waals surface area contributed by atoms with E-state index < -0.39 is 0 Å². The van der Waals surface area contributed by atoms with Gasteiger partial charge < -0.3 is 20.6 Å². The highest BCUT2D eigenvalue weighted by molar-refractivity contribution is 5.79. The van der Waals surface area contributed by atoms with Crippen LogP contribution in [0.4, 0.5) is 0 Å². The summed E-state index contributed by atoms with van der Waals surface area (Å²) in [7, 11) is 0. The Morgan fingerprint density at radius 2 is 1.84 bits per heavy atom. The van der Waals surface area contributed by atoms with Gasteiger partial charge in [0.05, 0.1) is 6.10 Å². The fourth-order valence-electron chi connectivity index (χ4n) is 3.22. The molecule has 5 heteroatoms. The summed E-state index contributed by atoms with van der Waals surface area (Å²) in [6, 6.07) is 0. The third-order valence-electron chi connectivity index (χ3n) is 4.97. The van der Waals surface area contributed by atoms with Gasteiger partial charge in [-0.15, -0.1) is 0 Å². The van der Waals surface area contributed by atoms with Crippen molar-refractivity contribution in [3.05, 3.63) is 0 Å². The molecule has 1 saturated heterocycles. The molecule has 0 bridgehead atoms. The Hall–Kier alpha value is -0.810. The molecule has 0 spiro atoms. The van der Waals surface area contributed by atoms with E-state index in [2.05, 4.69) is 43.2 Å². The molecule has 25 heavy (non-hydrogen) atoms. The van der Waals surface area contributed by atoms with Gasteiger partial charge in [-0.2, -0.15) is 0 Å². The topological polar surface area (TPSA) is 59.9 Å². The van der Waals surface area contributed by atoms with Crippen molar-refractivity contribution in [1.82, 2.24) is 15.5 Å². The molecule has 0 saturated carbocycles. The lowest BCUT2D eigenvalue weighted by molar-refractivity contribution is 0.0823. The van der Waals surface area contributed by atoms with Gasteiger partial charge in [-0.3, -0.25) is 4.99 Å². The van der Waals surface area contributed by atoms with E-state index in [1.807, 2.05) is 0 Å². The van der Waals surface area contributed by atoms with Crippen molar-refractivity contribution in [3.63, 3.8) is 0 Å². The molecule has 0 amide bonds. The molecule has 0 aromatic rings. The zero-order chi connectivity index (χ0) is 18.5. The minimum atomic E-state index is -0.0810. The quantitative estimate of drug-likeness (QED) is 0.303. The zero-order valence-corrected chi connectivity index (χ0v) is 17.1. The third kappa shape index (κ3) is 10.7. The predicted octanol–water partition coefficient (Wildman–Crippen LogP) is 2.99. The Morgan fingerprint density at radius 3 is 2.48 bits per heavy atom. The van der Waals surface area contributed by atoms with Gasteiger partial charge in [0, 0.05) is 32.7 Å². The van der Waals surface area contributed by atoms with Crippen molar-refractivity contribution in [2.45, 2.75) is 78.7 Å². The highest BCUT2D eigenvalue weighted by atomic mass is 16.3. The molecule has 0 aliphatic carbocycles. The van der Waals surface area contributed by atoms with E-state index in [1.165, 1.54) is 25.7 Å². The molecule has 1 heterocycles. The normalized spacial score (nSPS) is 17.7. The van der Waals surface area contributed by atoms with Gasteiger partial charge in [0.15, 0.2) is 5.96 Å². The van der Waals surface area contributed by atoms with Crippen LogP contribution in [0, 0.1) is 5.41 Å². The van der Waals surface area contributed by atoms with Gasteiger partial charge in [0.1, 0.15) is 0 Å². The number of aliphatic imine (C=N–C) groups is 1. The van der Waals surface area contributed by atoms with Crippen LogP contribution < -0.4 is 10.6 Å². The second-order valence-corrected chi connectivity index (χ2v) is 8.17. The second-order valence-electron chi connectivity index (χ2n) is 8.17. The second kappa shape index (κ2) is 12.5. The summed E-state index contributed by atoms with van der Waals surface area (Å²) in [6.07, 6.45) is 8.01. The van der Waals surface area contributed by atoms with E-state index in [-0.39, 0.29) is 11.5 Å². The van der Waals surface area contributed by atoms with Crippen molar-refractivity contribution in [1.29, 1.82) is 0 Å². The number of hydrogen-bond acceptors (Lipinski definition) is 3. The summed E-state index contributed by atoms with van der Waals surface area (Å²) in [6.45, 7) is 14.9. The number of unbranched alkanes of at least 4 members (excludes halogenated alkanes) is 2. The van der Waals surface area contributed by atoms with Crippen molar-refractivity contribution >= 4 is 5.96 Å². The molecule has 1 fully saturated rings. The lowest BCUT2D eigenvalue weighted by Crippen LogP contribution is -2.40. The maximum Gasteiger partial charge on any atom is 0.191 e. The van der Waals surface area contributed by atoms with Crippen LogP contribution >= 0.6 is 0 Å². The SMILES string of the molecule is CCCCCC(C)(C)CN=C(NCC)NCCCN1CCC(O)CC1. The fraction of sp³-hybridized carbons (Fsp3) is 0.950. The lowest BCUT2D eigenvalue weighted by Gasteiger charge is -2.29. The summed E-state index contributed by atoms with van der Waals surface area (Å²) >= 11 is 0. The molecule has 0 radical (unpaired) electrons. The number of guanidine groups is 1. The molecule has 0 unspecified atom stereocenters. The van der Waals surface area contributed by atoms with Crippen LogP contribution in [0.1, 0.15) is 72.6 Å². The molecule has 0 aromatic heterocycles. The average Bonchev–Trinajstić information content (AvgIpc) is 2.58. The molecular formula is C20H42N4O. The summed E-state index contributed by atoms with van der Waals surface area (Å²) in [4.78, 5) is 7.26. The van der Waals surface area contributed by atoms with Gasteiger partial charge in [0.2, 0.25) is 0 Å². The molecule has 1 aliphatic rings. The first kappa shape index (κ1) is 22.2. The van der Waals surface area contributed by atoms with Gasteiger partial charge in [-0.05, 0) is 44.6 Å². The van der Waals surface area contributed by atoms with Crippen molar-refractivity contribution < 1.29 is 5.11 Å². The lowest BCUT2D eigenvalue weighted by atomic mass is 9.87. The number of nitrogens with zero attached hydrogens (tertiary/aromatic N) is 2. The third-order valence-corrected chi connectivity index (χ3v) is 4.97. The number of hydrogen-bond donors (Lipinski definition) is 3. The van der Waals surface area contributed by atoms with Gasteiger partial charge >= 0.3 is 0 Å². The van der Waals surface area contributed by atoms with Crippen molar-refractivity contribution in [2.24, 2.45) is 10.4 Å². The van der Waals surface area contributed by atoms with Crippen LogP contribution in [0.3, 0.4) is 0 Å². The van der Waals surface area contributed by atoms with E-state index in [0.29, 0.717) is 0 Å². The number of piperidine rings is 1. The van der Waals surface area contributed by atoms with Crippen molar-refractivity contribution in [3.8, 4) is 0 Å². The Balaban J connectivity index is 2.27. The van der Waals surface area contributed by atoms with E-state index in [4.69, 9.17) is 4.99 Å². The summed E-state index contributed by atoms with van der Waals surface area (Å²) in [5.41, 5.74) is 0.270. The smallest absolute Gasteiger partial charge is 0.191 e. The molecule has 1 aliphatic heterocycles. The number of likely N-dealkylation sites (tertiary alicyclic amines) is 1. The van der Waals surface area contributed by atoms with Gasteiger partial charge in [-0.25, -0.2) is 0 Å². The molecule has 3 N–H and O–H groups in total. The van der Waals surface area contributed by atoms with Crippen LogP contribution in [0.2, 0.25) is 0 Å². The van der Waals surface area contributed by atoms with Gasteiger partial charge in [0.25, 0.3) is 0 Å². The Morgan fingerprint density at radius 1 is 1.12 bits per heavy atom. The van der Waals surface area contributed by atoms with Crippen LogP contribution in [-0.2, 0) is 0 Å². The van der Waals surface area contributed by atoms with E-state index in [0.717, 1.165) is 64.5 Å². The number of aliphatic hydroxyl groups is 1. The Labute approximate surface area is 155 Å². The first-order chi connectivity index (χ1) is 12.0. The summed E-state index contributed by atoms with van der Waals surface area (Å²) < 4.78 is 0. The molecule has 0 aromatic carbocycles. The standard InChI is InChI=1S/C20H42N4O/c1-5-7-8-12-20(3,4)17-23-19(21-6-2)22-13-9-14-24-15-10-18(25)11-16-24/h18,25H,5-17H2,1-4H3,(H2,21,22,23). The first-order valence-electron chi connectivity index (χ1n) is 10.4. The number of rotatable bonds is 11. The molecule has 0 atom stereocenters. The number of aliphatic hydroxyl groups excluding tert-OH is 1. The van der Waals surface area contributed by atoms with Crippen LogP contribution in [-0.4, -0.2) is 61.3 Å². The maximum atomic E-state index is 9.56. The zero-order valence-electron chi connectivity index (χ0n) is 17.1. The highest BCUT2D eigenvalue weighted by Crippen LogP contribution is 2.23. The van der Waals surface area contributed by atoms with Crippen LogP contribution in [0.15, 0.2) is 4.99 Å². The predicted molar refractivity (Wildman–Crippen MR) is 108 cm³/mol. The largest absolute Gasteiger partial charge is 0.393 e. The first-order valence-corrected chi connectivity index (χ1v) is 10.4. The monoisotopic (exact) mass is 354 g/mol. The molecule has 148 valence electrons. The minimum absolute atomic E-state index is 0.0810. The Bertz CT molecular complexity index is 363. The Kier molecular flexibility index (Phi) is 11.1. The van der Waals surface area contributed by atoms with Gasteiger partial charge in [-0.1, -0.05) is 40.0 Å². The molecule has 5 nitrogen and oxygen atoms in total. The number of nitrogens with one attached hydrogen (secondary N) is 2. The van der Waals surface area contributed by atoms with E-state index in [1.54, 1.807) is 0 Å². The van der Waals surface area contributed by atoms with Crippen LogP contribution in [0.5, 0.6) is 0 Å². The maximum absolute atomic E-state index is 9.56. The molecule has 1 rings (SSSR count). The molecular weight excluding hydrogens is 312 g/mol. The minimum Gasteiger partial charge on any atom is -0.393 e. The summed E-state index contributed by atoms with van der Waals surface area (Å²) in [5, 5.41) is 16.4. The van der Waals surface area contributed by atoms with Crippen molar-refractivity contribution in [2.75, 3.05) is 39.3 Å². The fourth-order valence-corrected chi connectivity index (χ4v) is 3.22. The van der Waals surface area contributed by atoms with Crippen LogP contribution in [0.25, 0.3) is 0 Å². The highest BCUT2D eigenvalue weighted by Gasteiger charge is 2.17.